The molecule has 0 aliphatic heterocycles. The Labute approximate surface area is 106 Å². The van der Waals surface area contributed by atoms with Gasteiger partial charge in [-0.15, -0.1) is 0 Å². The molecule has 0 aromatic carbocycles. The topological polar surface area (TPSA) is 83.3 Å². The van der Waals surface area contributed by atoms with Gasteiger partial charge in [-0.3, -0.25) is 4.40 Å². The number of hydrogen-bond donors (Lipinski definition) is 2. The quantitative estimate of drug-likeness (QED) is 0.751. The fraction of sp³-hybridized carbons (Fsp3) is 0. The number of nitrogens with one attached hydrogen (secondary N) is 1. The molecule has 3 aromatic heterocycles. The molecule has 2 N–H and O–H groups in total. The predicted octanol–water partition coefficient (Wildman–Crippen LogP) is 1.91. The summed E-state index contributed by atoms with van der Waals surface area (Å²) in [4.78, 5) is 22.6. The standard InChI is InChI=1S/C11H8N4O2S/c16-10(17)8-9(18-11-12-4-5-13-11)14-7-3-1-2-6-15(7)8/h1-6H,(H,12,13)(H,16,17). The molecule has 0 atom stereocenters. The van der Waals surface area contributed by atoms with Gasteiger partial charge < -0.3 is 10.1 Å². The van der Waals surface area contributed by atoms with Gasteiger partial charge in [-0.1, -0.05) is 6.07 Å². The molecule has 0 spiro atoms. The molecular weight excluding hydrogens is 252 g/mol. The maximum absolute atomic E-state index is 11.3. The van der Waals surface area contributed by atoms with E-state index in [0.717, 1.165) is 0 Å². The summed E-state index contributed by atoms with van der Waals surface area (Å²) in [6.07, 6.45) is 4.97. The van der Waals surface area contributed by atoms with Gasteiger partial charge in [-0.05, 0) is 23.9 Å². The number of carboxylic acids is 1. The second-order valence-electron chi connectivity index (χ2n) is 3.50. The number of pyridine rings is 1. The second kappa shape index (κ2) is 4.19. The van der Waals surface area contributed by atoms with Crippen LogP contribution in [0.3, 0.4) is 0 Å². The van der Waals surface area contributed by atoms with Crippen molar-refractivity contribution in [2.75, 3.05) is 0 Å². The third kappa shape index (κ3) is 1.74. The van der Waals surface area contributed by atoms with Crippen LogP contribution in [0.2, 0.25) is 0 Å². The number of hydrogen-bond acceptors (Lipinski definition) is 4. The van der Waals surface area contributed by atoms with Crippen molar-refractivity contribution in [3.05, 3.63) is 42.5 Å². The molecule has 0 unspecified atom stereocenters. The Morgan fingerprint density at radius 2 is 2.33 bits per heavy atom. The van der Waals surface area contributed by atoms with Crippen LogP contribution in [-0.2, 0) is 0 Å². The van der Waals surface area contributed by atoms with Gasteiger partial charge in [0.1, 0.15) is 10.7 Å². The van der Waals surface area contributed by atoms with Crippen LogP contribution in [0.5, 0.6) is 0 Å². The third-order valence-electron chi connectivity index (χ3n) is 2.37. The maximum atomic E-state index is 11.3. The first-order chi connectivity index (χ1) is 8.75. The van der Waals surface area contributed by atoms with E-state index in [1.54, 1.807) is 35.1 Å². The zero-order valence-electron chi connectivity index (χ0n) is 9.07. The fourth-order valence-electron chi connectivity index (χ4n) is 1.64. The second-order valence-corrected chi connectivity index (χ2v) is 4.47. The molecule has 0 saturated heterocycles. The molecule has 7 heteroatoms. The Bertz CT molecular complexity index is 705. The average molecular weight is 260 g/mol. The fourth-order valence-corrected chi connectivity index (χ4v) is 2.48. The van der Waals surface area contributed by atoms with E-state index < -0.39 is 5.97 Å². The summed E-state index contributed by atoms with van der Waals surface area (Å²) in [6, 6.07) is 5.34. The lowest BCUT2D eigenvalue weighted by atomic mass is 10.4. The number of nitrogens with zero attached hydrogens (tertiary/aromatic N) is 3. The van der Waals surface area contributed by atoms with Gasteiger partial charge in [0.05, 0.1) is 0 Å². The van der Waals surface area contributed by atoms with E-state index >= 15 is 0 Å². The monoisotopic (exact) mass is 260 g/mol. The predicted molar refractivity (Wildman–Crippen MR) is 64.9 cm³/mol. The first kappa shape index (κ1) is 10.8. The lowest BCUT2D eigenvalue weighted by Gasteiger charge is -1.97. The van der Waals surface area contributed by atoms with Crippen molar-refractivity contribution < 1.29 is 9.90 Å². The van der Waals surface area contributed by atoms with E-state index in [4.69, 9.17) is 0 Å². The summed E-state index contributed by atoms with van der Waals surface area (Å²) >= 11 is 1.20. The number of fused-ring (bicyclic) bond motifs is 1. The maximum Gasteiger partial charge on any atom is 0.355 e. The number of rotatable bonds is 3. The number of carbonyl (C=O) groups is 1. The summed E-state index contributed by atoms with van der Waals surface area (Å²) < 4.78 is 1.55. The molecule has 0 radical (unpaired) electrons. The summed E-state index contributed by atoms with van der Waals surface area (Å²) in [5.74, 6) is -1.01. The summed E-state index contributed by atoms with van der Waals surface area (Å²) in [7, 11) is 0. The molecular formula is C11H8N4O2S. The van der Waals surface area contributed by atoms with E-state index in [9.17, 15) is 9.90 Å². The van der Waals surface area contributed by atoms with Gasteiger partial charge in [0.2, 0.25) is 0 Å². The minimum absolute atomic E-state index is 0.145. The largest absolute Gasteiger partial charge is 0.476 e. The molecule has 3 aromatic rings. The summed E-state index contributed by atoms with van der Waals surface area (Å²) in [5.41, 5.74) is 0.746. The molecule has 0 bridgehead atoms. The third-order valence-corrected chi connectivity index (χ3v) is 3.26. The first-order valence-electron chi connectivity index (χ1n) is 5.13. The Balaban J connectivity index is 2.16. The number of aromatic amines is 1. The van der Waals surface area contributed by atoms with E-state index in [-0.39, 0.29) is 5.69 Å². The molecule has 6 nitrogen and oxygen atoms in total. The van der Waals surface area contributed by atoms with E-state index in [0.29, 0.717) is 15.8 Å². The Morgan fingerprint density at radius 1 is 1.44 bits per heavy atom. The molecule has 0 saturated carbocycles. The molecule has 3 rings (SSSR count). The smallest absolute Gasteiger partial charge is 0.355 e. The Kier molecular flexibility index (Phi) is 2.52. The van der Waals surface area contributed by atoms with Crippen molar-refractivity contribution >= 4 is 23.4 Å². The van der Waals surface area contributed by atoms with Crippen molar-refractivity contribution in [2.45, 2.75) is 10.2 Å². The zero-order chi connectivity index (χ0) is 12.5. The Morgan fingerprint density at radius 3 is 3.06 bits per heavy atom. The lowest BCUT2D eigenvalue weighted by Crippen LogP contribution is -2.02. The number of carboxylic acid groups (broad SMARTS) is 1. The minimum atomic E-state index is -1.01. The van der Waals surface area contributed by atoms with Crippen LogP contribution in [0.25, 0.3) is 5.65 Å². The van der Waals surface area contributed by atoms with Gasteiger partial charge in [0.15, 0.2) is 10.9 Å². The van der Waals surface area contributed by atoms with Gasteiger partial charge in [-0.2, -0.15) is 0 Å². The van der Waals surface area contributed by atoms with Crippen LogP contribution >= 0.6 is 11.8 Å². The molecule has 90 valence electrons. The van der Waals surface area contributed by atoms with Crippen molar-refractivity contribution in [1.82, 2.24) is 19.4 Å². The molecule has 18 heavy (non-hydrogen) atoms. The van der Waals surface area contributed by atoms with Crippen LogP contribution in [0.15, 0.2) is 47.0 Å². The van der Waals surface area contributed by atoms with Gasteiger partial charge >= 0.3 is 5.97 Å². The highest BCUT2D eigenvalue weighted by Gasteiger charge is 2.19. The van der Waals surface area contributed by atoms with Crippen LogP contribution < -0.4 is 0 Å². The highest BCUT2D eigenvalue weighted by molar-refractivity contribution is 7.99. The number of imidazole rings is 2. The van der Waals surface area contributed by atoms with E-state index in [1.807, 2.05) is 6.07 Å². The highest BCUT2D eigenvalue weighted by atomic mass is 32.2. The van der Waals surface area contributed by atoms with Crippen LogP contribution in [0.4, 0.5) is 0 Å². The van der Waals surface area contributed by atoms with E-state index in [2.05, 4.69) is 15.0 Å². The molecule has 3 heterocycles. The normalized spacial score (nSPS) is 10.9. The molecule has 0 fully saturated rings. The molecule has 0 amide bonds. The minimum Gasteiger partial charge on any atom is -0.476 e. The zero-order valence-corrected chi connectivity index (χ0v) is 9.89. The summed E-state index contributed by atoms with van der Waals surface area (Å²) in [5, 5.41) is 10.3. The van der Waals surface area contributed by atoms with Gasteiger partial charge in [0.25, 0.3) is 0 Å². The first-order valence-corrected chi connectivity index (χ1v) is 5.95. The van der Waals surface area contributed by atoms with Gasteiger partial charge in [0, 0.05) is 18.6 Å². The average Bonchev–Trinajstić information content (AvgIpc) is 2.95. The van der Waals surface area contributed by atoms with Crippen molar-refractivity contribution in [3.63, 3.8) is 0 Å². The Hall–Kier alpha value is -2.28. The highest BCUT2D eigenvalue weighted by Crippen LogP contribution is 2.27. The van der Waals surface area contributed by atoms with Crippen molar-refractivity contribution in [3.8, 4) is 0 Å². The number of aromatic nitrogens is 4. The lowest BCUT2D eigenvalue weighted by molar-refractivity contribution is 0.0685. The van der Waals surface area contributed by atoms with Crippen LogP contribution in [0, 0.1) is 0 Å². The molecule has 0 aliphatic rings. The van der Waals surface area contributed by atoms with Crippen molar-refractivity contribution in [2.24, 2.45) is 0 Å². The number of aromatic carboxylic acids is 1. The van der Waals surface area contributed by atoms with Crippen LogP contribution in [-0.4, -0.2) is 30.4 Å². The number of H-pyrrole nitrogens is 1. The summed E-state index contributed by atoms with van der Waals surface area (Å²) in [6.45, 7) is 0. The molecule has 0 aliphatic carbocycles. The van der Waals surface area contributed by atoms with Gasteiger partial charge in [-0.25, -0.2) is 14.8 Å². The SMILES string of the molecule is O=C(O)c1c(Sc2ncc[nH]2)nc2ccccn12. The van der Waals surface area contributed by atoms with Crippen molar-refractivity contribution in [1.29, 1.82) is 0 Å². The van der Waals surface area contributed by atoms with E-state index in [1.165, 1.54) is 11.8 Å². The van der Waals surface area contributed by atoms with Crippen LogP contribution in [0.1, 0.15) is 10.5 Å².